The Bertz CT molecular complexity index is 4410. The first kappa shape index (κ1) is 106. The van der Waals surface area contributed by atoms with Crippen LogP contribution in [0.4, 0.5) is 0 Å². The third-order valence-electron chi connectivity index (χ3n) is 37.6. The predicted octanol–water partition coefficient (Wildman–Crippen LogP) is 20.0. The highest BCUT2D eigenvalue weighted by Gasteiger charge is 2.74. The maximum Gasteiger partial charge on any atom is 0.317 e. The maximum absolute atomic E-state index is 17.0. The van der Waals surface area contributed by atoms with Crippen molar-refractivity contribution in [2.24, 2.45) is 103 Å². The van der Waals surface area contributed by atoms with Gasteiger partial charge in [0, 0.05) is 36.8 Å². The summed E-state index contributed by atoms with van der Waals surface area (Å²) < 4.78 is 143. The van der Waals surface area contributed by atoms with E-state index in [4.69, 9.17) is 99.8 Å². The zero-order valence-electron chi connectivity index (χ0n) is 86.9. The summed E-state index contributed by atoms with van der Waals surface area (Å²) in [6.45, 7) is 54.8. The zero-order valence-corrected chi connectivity index (χ0v) is 88.9. The number of carbonyl (C=O) groups is 3. The topological polar surface area (TPSA) is 262 Å². The Morgan fingerprint density at radius 2 is 1.09 bits per heavy atom. The molecule has 7 saturated heterocycles. The second-order valence-electron chi connectivity index (χ2n) is 46.0. The number of methoxy groups -OCH3 is 1. The number of nitrogens with two attached hydrogens (primary N) is 1. The number of rotatable bonds is 36. The number of carbonyl (C=O) groups excluding carboxylic acids is 3. The molecule has 38 atom stereocenters. The van der Waals surface area contributed by atoms with Crippen LogP contribution in [-0.2, 0) is 128 Å². The number of allylic oxidation sites excluding steroid dienone is 2. The minimum absolute atomic E-state index is 0.000362. The lowest BCUT2D eigenvalue weighted by Gasteiger charge is -2.71. The summed E-state index contributed by atoms with van der Waals surface area (Å²) in [4.78, 5) is 46.6. The van der Waals surface area contributed by atoms with E-state index in [1.807, 2.05) is 113 Å². The Balaban J connectivity index is 0.715. The molecule has 24 nitrogen and oxygen atoms in total. The molecule has 5 aliphatic carbocycles. The molecule has 0 aromatic heterocycles. The summed E-state index contributed by atoms with van der Waals surface area (Å²) in [6.07, 6.45) is -6.40. The Morgan fingerprint density at radius 1 is 0.507 bits per heavy atom. The third kappa shape index (κ3) is 20.7. The predicted molar refractivity (Wildman–Crippen MR) is 523 cm³/mol. The highest BCUT2D eigenvalue weighted by atomic mass is 28.4. The molecule has 0 bridgehead atoms. The van der Waals surface area contributed by atoms with Crippen molar-refractivity contribution in [3.63, 3.8) is 0 Å². The number of esters is 1. The van der Waals surface area contributed by atoms with Crippen LogP contribution in [0.1, 0.15) is 241 Å². The average molecular weight is 1930 g/mol. The molecule has 762 valence electrons. The van der Waals surface area contributed by atoms with Gasteiger partial charge in [-0.25, -0.2) is 0 Å². The molecule has 0 spiro atoms. The number of benzene rings is 3. The van der Waals surface area contributed by atoms with Gasteiger partial charge in [-0.1, -0.05) is 241 Å². The van der Waals surface area contributed by atoms with Crippen LogP contribution in [0.5, 0.6) is 0 Å². The maximum atomic E-state index is 17.0. The number of aldehydes is 1. The fraction of sp³-hybridized carbons (Fsp3) is 0.791. The van der Waals surface area contributed by atoms with Gasteiger partial charge in [0.05, 0.1) is 94.4 Å². The molecule has 11 fully saturated rings. The van der Waals surface area contributed by atoms with Crippen molar-refractivity contribution in [2.75, 3.05) is 33.5 Å². The molecule has 0 radical (unpaired) electrons. The summed E-state index contributed by atoms with van der Waals surface area (Å²) in [7, 11) is -2.65. The molecule has 3 aromatic rings. The Kier molecular flexibility index (Phi) is 33.7. The highest BCUT2D eigenvalue weighted by molar-refractivity contribution is 6.74. The molecule has 12 aliphatic rings. The number of ketones is 1. The standard InChI is InChI=1S/C110H171NO23Si2/c1-26-135(27-2,28-3)121-63-80-67(9)68(10)92(134-136(29-4,30-5)31-6)100(123-80)130-95-90(127-97-69(11)66(8)65(7)57-119-97)71(13)88(73(15)113)126-101(95)125-85-50-51-106(21)83(107(85,22)64-112)49-52-108(23)84(106)48-47-78-79-55-104(17,18)53-54-110(79,86(115-25)56-109(78,108)24)103(114)131-99-91(70(12)87(111)81(124-99)61-116-58-75-41-35-32-36-42-75)128-102-96-94(132-105(19,20)133-96)93(74(16)122-102)129-98-72(14)89(118-60-77-45-39-34-40-46-77)82(62-120-98)117-59-76-43-37-33-38-44-76/h32-47,64-72,74,79-102H,26-31,48-63,111H2,1-25H3/t65-,66-,67+,68+,69?,70?,71-,72?,74?,79?,80?,81?,82-,83-,84?,85+,86?,87-,88?,89?,90+,91?,92?,93+,94?,95?,96?,97+,98+,99+,100+,101-,102+,106?,107-,108+,109-,110-/m1/s1. The first-order valence-corrected chi connectivity index (χ1v) is 57.7. The normalized spacial score (nSPS) is 43.3. The van der Waals surface area contributed by atoms with Gasteiger partial charge in [0.1, 0.15) is 60.5 Å². The molecular weight excluding hydrogens is 1760 g/mol. The van der Waals surface area contributed by atoms with Crippen LogP contribution in [-0.4, -0.2) is 209 Å². The SMILES string of the molecule is CC[Si](CC)(CC)OCC1O[C@@H](OC2[C@H](O[C@H]3CCC4(C)C5CC=C6C7CC(C)(C)CC[C@]7(C(=O)O[C@@H]7OC(COCc8ccccc8)[C@H](N)C(C)C7O[C@@H]7OC(C)[C@H](O[C@@H]8OC[C@@H](OCc9ccccc9)C(OCc9ccccc9)C8C)C8OC(C)(C)OC87)C(OC)C[C@@]6(C)[C@@]5(C)CC[C@H]4[C@@]3(C)C=O)OC(C(C)=O)[C@@H](C)[C@@H]2O[C@@H]2OC[C@@H](C)[C@@H](C)C2C)C(O[Si](CC)(CC)CC)[C@@H](C)[C@@H]1C. The van der Waals surface area contributed by atoms with E-state index in [0.717, 1.165) is 85.1 Å². The van der Waals surface area contributed by atoms with Crippen molar-refractivity contribution in [1.82, 2.24) is 0 Å². The second-order valence-corrected chi connectivity index (χ2v) is 55.5. The molecule has 136 heavy (non-hydrogen) atoms. The minimum atomic E-state index is -2.35. The molecule has 3 aromatic carbocycles. The van der Waals surface area contributed by atoms with E-state index in [1.165, 1.54) is 11.9 Å². The van der Waals surface area contributed by atoms with E-state index in [-0.39, 0.29) is 83.3 Å². The van der Waals surface area contributed by atoms with Crippen LogP contribution in [0.2, 0.25) is 36.3 Å². The van der Waals surface area contributed by atoms with Crippen LogP contribution in [0.25, 0.3) is 0 Å². The summed E-state index contributed by atoms with van der Waals surface area (Å²) >= 11 is 0. The lowest BCUT2D eigenvalue weighted by Crippen LogP contribution is -2.69. The van der Waals surface area contributed by atoms with Crippen molar-refractivity contribution in [3.05, 3.63) is 119 Å². The van der Waals surface area contributed by atoms with Gasteiger partial charge in [0.25, 0.3) is 0 Å². The van der Waals surface area contributed by atoms with E-state index in [0.29, 0.717) is 64.6 Å². The van der Waals surface area contributed by atoms with Gasteiger partial charge >= 0.3 is 5.97 Å². The monoisotopic (exact) mass is 1930 g/mol. The van der Waals surface area contributed by atoms with Gasteiger partial charge in [-0.3, -0.25) is 9.59 Å². The smallest absolute Gasteiger partial charge is 0.317 e. The first-order valence-electron chi connectivity index (χ1n) is 52.6. The van der Waals surface area contributed by atoms with E-state index in [1.54, 1.807) is 14.0 Å². The Morgan fingerprint density at radius 3 is 1.71 bits per heavy atom. The third-order valence-corrected chi connectivity index (χ3v) is 46.9. The Labute approximate surface area is 815 Å². The van der Waals surface area contributed by atoms with Gasteiger partial charge in [-0.05, 0) is 202 Å². The van der Waals surface area contributed by atoms with E-state index in [2.05, 4.69) is 143 Å². The van der Waals surface area contributed by atoms with E-state index < -0.39 is 191 Å². The van der Waals surface area contributed by atoms with Crippen molar-refractivity contribution in [1.29, 1.82) is 0 Å². The van der Waals surface area contributed by atoms with Crippen molar-refractivity contribution in [3.8, 4) is 0 Å². The Hall–Kier alpha value is -4.16. The fourth-order valence-corrected chi connectivity index (χ4v) is 33.0. The molecule has 7 heterocycles. The molecular formula is C110H171NO23Si2. The quantitative estimate of drug-likeness (QED) is 0.0186. The second kappa shape index (κ2) is 43.2. The minimum Gasteiger partial charge on any atom is -0.432 e. The lowest BCUT2D eigenvalue weighted by atomic mass is 9.33. The van der Waals surface area contributed by atoms with Crippen LogP contribution in [0.15, 0.2) is 103 Å². The lowest BCUT2D eigenvalue weighted by molar-refractivity contribution is -0.377. The number of hydrogen-bond acceptors (Lipinski definition) is 24. The van der Waals surface area contributed by atoms with Gasteiger partial charge in [-0.2, -0.15) is 0 Å². The summed E-state index contributed by atoms with van der Waals surface area (Å²) in [5.74, 6) is -2.73. The number of fused-ring (bicyclic) bond motifs is 8. The summed E-state index contributed by atoms with van der Waals surface area (Å²) in [5, 5.41) is 0. The number of hydrogen-bond donors (Lipinski definition) is 1. The van der Waals surface area contributed by atoms with Gasteiger partial charge < -0.3 is 105 Å². The van der Waals surface area contributed by atoms with Gasteiger partial charge in [0.2, 0.25) is 6.29 Å². The highest BCUT2D eigenvalue weighted by Crippen LogP contribution is 2.77. The van der Waals surface area contributed by atoms with Crippen LogP contribution >= 0.6 is 0 Å². The molecule has 2 N–H and O–H groups in total. The number of ether oxygens (including phenoxy) is 18. The zero-order chi connectivity index (χ0) is 97.7. The van der Waals surface area contributed by atoms with Crippen molar-refractivity contribution >= 4 is 34.7 Å². The van der Waals surface area contributed by atoms with Crippen molar-refractivity contribution in [2.45, 2.75) is 421 Å². The van der Waals surface area contributed by atoms with Crippen LogP contribution in [0.3, 0.4) is 0 Å². The van der Waals surface area contributed by atoms with Crippen molar-refractivity contribution < 1.29 is 108 Å². The van der Waals surface area contributed by atoms with Gasteiger partial charge in [0.15, 0.2) is 59.7 Å². The summed E-state index contributed by atoms with van der Waals surface area (Å²) in [5.41, 5.74) is 8.12. The molecule has 26 heteroatoms. The van der Waals surface area contributed by atoms with Crippen LogP contribution < -0.4 is 5.73 Å². The summed E-state index contributed by atoms with van der Waals surface area (Å²) in [6, 6.07) is 35.4. The average Bonchev–Trinajstić information content (AvgIpc) is 0.717. The molecule has 0 amide bonds. The molecule has 17 unspecified atom stereocenters. The fourth-order valence-electron chi connectivity index (χ4n) is 27.4. The van der Waals surface area contributed by atoms with Crippen LogP contribution in [0, 0.1) is 97.6 Å². The largest absolute Gasteiger partial charge is 0.432 e. The first-order chi connectivity index (χ1) is 64.7. The molecule has 4 saturated carbocycles. The van der Waals surface area contributed by atoms with Gasteiger partial charge in [-0.15, -0.1) is 0 Å². The molecule has 15 rings (SSSR count). The number of Topliss-reactive ketones (excluding diaryl/α,β-unsaturated/α-hetero) is 1. The van der Waals surface area contributed by atoms with E-state index >= 15 is 9.59 Å². The molecule has 7 aliphatic heterocycles. The van der Waals surface area contributed by atoms with E-state index in [9.17, 15) is 4.79 Å².